The maximum atomic E-state index is 12.7. The minimum atomic E-state index is -0.119. The first-order valence-corrected chi connectivity index (χ1v) is 9.73. The van der Waals surface area contributed by atoms with Gasteiger partial charge in [0.05, 0.1) is 6.04 Å². The molecule has 4 nitrogen and oxygen atoms in total. The Morgan fingerprint density at radius 1 is 1.12 bits per heavy atom. The average molecular weight is 351 g/mol. The normalized spacial score (nSPS) is 17.0. The summed E-state index contributed by atoms with van der Waals surface area (Å²) in [5.74, 6) is 0.640. The molecule has 26 heavy (non-hydrogen) atoms. The van der Waals surface area contributed by atoms with E-state index in [0.29, 0.717) is 12.3 Å². The SMILES string of the molecule is CCCN1CCC(CC(=O)N[C@H](c2ccccc2)c2ccncc2)CC1. The van der Waals surface area contributed by atoms with Crippen LogP contribution in [0.4, 0.5) is 0 Å². The van der Waals surface area contributed by atoms with E-state index in [9.17, 15) is 4.79 Å². The van der Waals surface area contributed by atoms with Crippen LogP contribution in [0, 0.1) is 5.92 Å². The Hall–Kier alpha value is -2.20. The fourth-order valence-electron chi connectivity index (χ4n) is 3.77. The van der Waals surface area contributed by atoms with E-state index in [1.807, 2.05) is 30.3 Å². The molecule has 1 N–H and O–H groups in total. The van der Waals surface area contributed by atoms with Crippen LogP contribution in [0.3, 0.4) is 0 Å². The van der Waals surface area contributed by atoms with Gasteiger partial charge in [0.15, 0.2) is 0 Å². The van der Waals surface area contributed by atoms with Crippen LogP contribution in [-0.2, 0) is 4.79 Å². The molecule has 2 heterocycles. The van der Waals surface area contributed by atoms with Crippen LogP contribution in [0.15, 0.2) is 54.9 Å². The number of rotatable bonds is 7. The van der Waals surface area contributed by atoms with Gasteiger partial charge in [-0.15, -0.1) is 0 Å². The summed E-state index contributed by atoms with van der Waals surface area (Å²) < 4.78 is 0. The third-order valence-electron chi connectivity index (χ3n) is 5.20. The molecule has 2 aromatic rings. The highest BCUT2D eigenvalue weighted by molar-refractivity contribution is 5.77. The number of piperidine rings is 1. The number of nitrogens with one attached hydrogen (secondary N) is 1. The van der Waals surface area contributed by atoms with E-state index in [1.165, 1.54) is 13.0 Å². The quantitative estimate of drug-likeness (QED) is 0.825. The maximum absolute atomic E-state index is 12.7. The third-order valence-corrected chi connectivity index (χ3v) is 5.20. The van der Waals surface area contributed by atoms with Crippen molar-refractivity contribution in [2.75, 3.05) is 19.6 Å². The Balaban J connectivity index is 1.61. The smallest absolute Gasteiger partial charge is 0.221 e. The lowest BCUT2D eigenvalue weighted by Gasteiger charge is -2.31. The Bertz CT molecular complexity index is 627. The molecule has 1 aromatic heterocycles. The highest BCUT2D eigenvalue weighted by atomic mass is 16.1. The first-order valence-electron chi connectivity index (χ1n) is 9.73. The van der Waals surface area contributed by atoms with Crippen molar-refractivity contribution in [3.05, 3.63) is 66.0 Å². The van der Waals surface area contributed by atoms with E-state index in [4.69, 9.17) is 0 Å². The Kier molecular flexibility index (Phi) is 6.78. The number of carbonyl (C=O) groups excluding carboxylic acids is 1. The fourth-order valence-corrected chi connectivity index (χ4v) is 3.77. The van der Waals surface area contributed by atoms with E-state index in [2.05, 4.69) is 34.3 Å². The summed E-state index contributed by atoms with van der Waals surface area (Å²) in [4.78, 5) is 19.3. The van der Waals surface area contributed by atoms with Gasteiger partial charge in [-0.3, -0.25) is 9.78 Å². The monoisotopic (exact) mass is 351 g/mol. The zero-order valence-electron chi connectivity index (χ0n) is 15.6. The number of likely N-dealkylation sites (tertiary alicyclic amines) is 1. The molecule has 0 aliphatic carbocycles. The molecule has 4 heteroatoms. The van der Waals surface area contributed by atoms with Crippen LogP contribution in [0.5, 0.6) is 0 Å². The molecule has 0 unspecified atom stereocenters. The topological polar surface area (TPSA) is 45.2 Å². The largest absolute Gasteiger partial charge is 0.345 e. The van der Waals surface area contributed by atoms with E-state index in [-0.39, 0.29) is 11.9 Å². The van der Waals surface area contributed by atoms with Crippen molar-refractivity contribution in [3.63, 3.8) is 0 Å². The molecule has 0 saturated carbocycles. The second-order valence-electron chi connectivity index (χ2n) is 7.18. The van der Waals surface area contributed by atoms with Crippen LogP contribution in [-0.4, -0.2) is 35.4 Å². The van der Waals surface area contributed by atoms with E-state index < -0.39 is 0 Å². The molecular formula is C22H29N3O. The summed E-state index contributed by atoms with van der Waals surface area (Å²) in [7, 11) is 0. The van der Waals surface area contributed by atoms with Gasteiger partial charge in [0.1, 0.15) is 0 Å². The summed E-state index contributed by atoms with van der Waals surface area (Å²) in [5, 5.41) is 3.25. The van der Waals surface area contributed by atoms with Crippen molar-refractivity contribution in [2.24, 2.45) is 5.92 Å². The van der Waals surface area contributed by atoms with Gasteiger partial charge in [-0.25, -0.2) is 0 Å². The number of hydrogen-bond donors (Lipinski definition) is 1. The second kappa shape index (κ2) is 9.48. The van der Waals surface area contributed by atoms with Crippen LogP contribution in [0.1, 0.15) is 49.8 Å². The number of pyridine rings is 1. The standard InChI is InChI=1S/C22H29N3O/c1-2-14-25-15-10-18(11-16-25)17-21(26)24-22(19-6-4-3-5-7-19)20-8-12-23-13-9-20/h3-9,12-13,18,22H,2,10-11,14-17H2,1H3,(H,24,26)/t22-/m1/s1. The maximum Gasteiger partial charge on any atom is 0.221 e. The van der Waals surface area contributed by atoms with Crippen LogP contribution in [0.2, 0.25) is 0 Å². The summed E-state index contributed by atoms with van der Waals surface area (Å²) >= 11 is 0. The average Bonchev–Trinajstić information content (AvgIpc) is 2.69. The van der Waals surface area contributed by atoms with E-state index in [0.717, 1.165) is 37.1 Å². The molecule has 138 valence electrons. The summed E-state index contributed by atoms with van der Waals surface area (Å²) in [6, 6.07) is 14.0. The number of benzene rings is 1. The van der Waals surface area contributed by atoms with E-state index >= 15 is 0 Å². The first kappa shape index (κ1) is 18.6. The molecule has 1 fully saturated rings. The van der Waals surface area contributed by atoms with Gasteiger partial charge in [-0.1, -0.05) is 37.3 Å². The Labute approximate surface area is 156 Å². The summed E-state index contributed by atoms with van der Waals surface area (Å²) in [5.41, 5.74) is 2.17. The number of aromatic nitrogens is 1. The van der Waals surface area contributed by atoms with Crippen LogP contribution >= 0.6 is 0 Å². The van der Waals surface area contributed by atoms with Gasteiger partial charge >= 0.3 is 0 Å². The van der Waals surface area contributed by atoms with E-state index in [1.54, 1.807) is 12.4 Å². The lowest BCUT2D eigenvalue weighted by Crippen LogP contribution is -2.37. The molecule has 1 aromatic carbocycles. The van der Waals surface area contributed by atoms with Crippen LogP contribution in [0.25, 0.3) is 0 Å². The summed E-state index contributed by atoms with van der Waals surface area (Å²) in [6.45, 7) is 5.65. The van der Waals surface area contributed by atoms with Crippen molar-refractivity contribution >= 4 is 5.91 Å². The predicted molar refractivity (Wildman–Crippen MR) is 105 cm³/mol. The van der Waals surface area contributed by atoms with Crippen molar-refractivity contribution < 1.29 is 4.79 Å². The molecule has 1 saturated heterocycles. The molecule has 1 aliphatic heterocycles. The molecular weight excluding hydrogens is 322 g/mol. The lowest BCUT2D eigenvalue weighted by atomic mass is 9.92. The number of nitrogens with zero attached hydrogens (tertiary/aromatic N) is 2. The minimum absolute atomic E-state index is 0.119. The molecule has 0 bridgehead atoms. The number of hydrogen-bond acceptors (Lipinski definition) is 3. The molecule has 0 spiro atoms. The number of carbonyl (C=O) groups is 1. The number of amides is 1. The molecule has 1 amide bonds. The second-order valence-corrected chi connectivity index (χ2v) is 7.18. The van der Waals surface area contributed by atoms with Gasteiger partial charge < -0.3 is 10.2 Å². The van der Waals surface area contributed by atoms with Crippen molar-refractivity contribution in [1.29, 1.82) is 0 Å². The third kappa shape index (κ3) is 5.15. The van der Waals surface area contributed by atoms with Gasteiger partial charge in [-0.2, -0.15) is 0 Å². The van der Waals surface area contributed by atoms with Crippen molar-refractivity contribution in [1.82, 2.24) is 15.2 Å². The zero-order valence-corrected chi connectivity index (χ0v) is 15.6. The highest BCUT2D eigenvalue weighted by Gasteiger charge is 2.23. The Morgan fingerprint density at radius 3 is 2.42 bits per heavy atom. The van der Waals surface area contributed by atoms with Gasteiger partial charge in [0.2, 0.25) is 5.91 Å². The van der Waals surface area contributed by atoms with Gasteiger partial charge in [0, 0.05) is 18.8 Å². The minimum Gasteiger partial charge on any atom is -0.345 e. The molecule has 0 radical (unpaired) electrons. The first-order chi connectivity index (χ1) is 12.8. The lowest BCUT2D eigenvalue weighted by molar-refractivity contribution is -0.122. The van der Waals surface area contributed by atoms with Crippen molar-refractivity contribution in [2.45, 2.75) is 38.6 Å². The molecule has 1 atom stereocenters. The van der Waals surface area contributed by atoms with Gasteiger partial charge in [-0.05, 0) is 68.1 Å². The fraction of sp³-hybridized carbons (Fsp3) is 0.455. The highest BCUT2D eigenvalue weighted by Crippen LogP contribution is 2.24. The summed E-state index contributed by atoms with van der Waals surface area (Å²) in [6.07, 6.45) is 7.63. The molecule has 3 rings (SSSR count). The Morgan fingerprint density at radius 2 is 1.77 bits per heavy atom. The van der Waals surface area contributed by atoms with Crippen LogP contribution < -0.4 is 5.32 Å². The molecule has 1 aliphatic rings. The predicted octanol–water partition coefficient (Wildman–Crippen LogP) is 3.80. The van der Waals surface area contributed by atoms with Gasteiger partial charge in [0.25, 0.3) is 0 Å². The zero-order chi connectivity index (χ0) is 18.2. The van der Waals surface area contributed by atoms with Crippen molar-refractivity contribution in [3.8, 4) is 0 Å².